The van der Waals surface area contributed by atoms with Crippen molar-refractivity contribution in [3.63, 3.8) is 0 Å². The van der Waals surface area contributed by atoms with Crippen LogP contribution in [0.5, 0.6) is 0 Å². The van der Waals surface area contributed by atoms with Crippen LogP contribution >= 0.6 is 11.8 Å². The number of hydrogen-bond donors (Lipinski definition) is 2. The van der Waals surface area contributed by atoms with E-state index in [9.17, 15) is 0 Å². The maximum Gasteiger partial charge on any atom is 0.0964 e. The summed E-state index contributed by atoms with van der Waals surface area (Å²) in [7, 11) is 0. The zero-order valence-corrected chi connectivity index (χ0v) is 12.0. The summed E-state index contributed by atoms with van der Waals surface area (Å²) < 4.78 is 1.78. The number of aliphatic hydroxyl groups is 1. The lowest BCUT2D eigenvalue weighted by Gasteiger charge is -2.01. The summed E-state index contributed by atoms with van der Waals surface area (Å²) in [6.07, 6.45) is 8.64. The Labute approximate surface area is 113 Å². The molecule has 0 aliphatic heterocycles. The SMILES string of the molecule is CSCCCCCNCc1cn(CCCO)nn1. The number of aryl methyl sites for hydroxylation is 1. The predicted octanol–water partition coefficient (Wildman–Crippen LogP) is 1.28. The minimum absolute atomic E-state index is 0.198. The van der Waals surface area contributed by atoms with Gasteiger partial charge in [-0.25, -0.2) is 0 Å². The molecule has 1 aromatic rings. The van der Waals surface area contributed by atoms with Gasteiger partial charge in [0.2, 0.25) is 0 Å². The normalized spacial score (nSPS) is 11.0. The molecule has 0 saturated heterocycles. The molecular weight excluding hydrogens is 248 g/mol. The first-order valence-corrected chi connectivity index (χ1v) is 7.95. The van der Waals surface area contributed by atoms with E-state index < -0.39 is 0 Å². The second kappa shape index (κ2) is 10.3. The molecule has 0 saturated carbocycles. The van der Waals surface area contributed by atoms with E-state index in [-0.39, 0.29) is 6.61 Å². The van der Waals surface area contributed by atoms with Crippen LogP contribution in [0.15, 0.2) is 6.20 Å². The number of unbranched alkanes of at least 4 members (excludes halogenated alkanes) is 2. The van der Waals surface area contributed by atoms with Gasteiger partial charge in [-0.05, 0) is 37.8 Å². The van der Waals surface area contributed by atoms with Crippen LogP contribution in [0.2, 0.25) is 0 Å². The third-order valence-corrected chi connectivity index (χ3v) is 3.34. The maximum absolute atomic E-state index is 8.72. The Kier molecular flexibility index (Phi) is 8.89. The van der Waals surface area contributed by atoms with E-state index >= 15 is 0 Å². The monoisotopic (exact) mass is 272 g/mol. The molecular formula is C12H24N4OS. The summed E-state index contributed by atoms with van der Waals surface area (Å²) in [6, 6.07) is 0. The second-order valence-electron chi connectivity index (χ2n) is 4.28. The summed E-state index contributed by atoms with van der Waals surface area (Å²) >= 11 is 1.91. The largest absolute Gasteiger partial charge is 0.396 e. The van der Waals surface area contributed by atoms with Crippen LogP contribution in [-0.4, -0.2) is 45.3 Å². The number of hydrogen-bond acceptors (Lipinski definition) is 5. The quantitative estimate of drug-likeness (QED) is 0.594. The Morgan fingerprint density at radius 3 is 3.00 bits per heavy atom. The van der Waals surface area contributed by atoms with Crippen molar-refractivity contribution >= 4 is 11.8 Å². The van der Waals surface area contributed by atoms with Crippen LogP contribution < -0.4 is 5.32 Å². The number of aromatic nitrogens is 3. The molecule has 0 aromatic carbocycles. The van der Waals surface area contributed by atoms with Crippen molar-refractivity contribution in [2.75, 3.05) is 25.2 Å². The molecule has 0 radical (unpaired) electrons. The summed E-state index contributed by atoms with van der Waals surface area (Å²) in [5, 5.41) is 20.2. The molecule has 0 bridgehead atoms. The van der Waals surface area contributed by atoms with E-state index in [1.54, 1.807) is 4.68 Å². The van der Waals surface area contributed by atoms with Crippen LogP contribution in [0.25, 0.3) is 0 Å². The summed E-state index contributed by atoms with van der Waals surface area (Å²) in [5.41, 5.74) is 0.969. The van der Waals surface area contributed by atoms with Gasteiger partial charge in [-0.1, -0.05) is 11.6 Å². The van der Waals surface area contributed by atoms with E-state index in [0.717, 1.165) is 31.7 Å². The third kappa shape index (κ3) is 6.98. The van der Waals surface area contributed by atoms with E-state index in [1.165, 1.54) is 25.0 Å². The molecule has 0 amide bonds. The predicted molar refractivity (Wildman–Crippen MR) is 75.7 cm³/mol. The number of aliphatic hydroxyl groups excluding tert-OH is 1. The Morgan fingerprint density at radius 1 is 1.33 bits per heavy atom. The van der Waals surface area contributed by atoms with Gasteiger partial charge in [-0.2, -0.15) is 11.8 Å². The maximum atomic E-state index is 8.72. The number of nitrogens with one attached hydrogen (secondary N) is 1. The average Bonchev–Trinajstić information content (AvgIpc) is 2.83. The van der Waals surface area contributed by atoms with Crippen molar-refractivity contribution in [3.8, 4) is 0 Å². The fourth-order valence-corrected chi connectivity index (χ4v) is 2.14. The van der Waals surface area contributed by atoms with Crippen LogP contribution in [-0.2, 0) is 13.1 Å². The van der Waals surface area contributed by atoms with Crippen LogP contribution in [0.4, 0.5) is 0 Å². The van der Waals surface area contributed by atoms with Crippen molar-refractivity contribution in [2.24, 2.45) is 0 Å². The number of rotatable bonds is 11. The fourth-order valence-electron chi connectivity index (χ4n) is 1.65. The Hall–Kier alpha value is -0.590. The fraction of sp³-hybridized carbons (Fsp3) is 0.833. The van der Waals surface area contributed by atoms with Crippen molar-refractivity contribution in [1.29, 1.82) is 0 Å². The minimum Gasteiger partial charge on any atom is -0.396 e. The summed E-state index contributed by atoms with van der Waals surface area (Å²) in [5.74, 6) is 1.26. The van der Waals surface area contributed by atoms with Gasteiger partial charge in [-0.3, -0.25) is 4.68 Å². The zero-order chi connectivity index (χ0) is 13.1. The lowest BCUT2D eigenvalue weighted by atomic mass is 10.2. The Bertz CT molecular complexity index is 306. The Morgan fingerprint density at radius 2 is 2.22 bits per heavy atom. The first-order chi connectivity index (χ1) is 8.86. The lowest BCUT2D eigenvalue weighted by Crippen LogP contribution is -2.15. The molecule has 0 unspecified atom stereocenters. The molecule has 6 heteroatoms. The van der Waals surface area contributed by atoms with Crippen molar-refractivity contribution in [1.82, 2.24) is 20.3 Å². The summed E-state index contributed by atoms with van der Waals surface area (Å²) in [4.78, 5) is 0. The lowest BCUT2D eigenvalue weighted by molar-refractivity contribution is 0.276. The van der Waals surface area contributed by atoms with E-state index in [4.69, 9.17) is 5.11 Å². The molecule has 18 heavy (non-hydrogen) atoms. The number of thioether (sulfide) groups is 1. The van der Waals surface area contributed by atoms with Gasteiger partial charge in [0.05, 0.1) is 5.69 Å². The van der Waals surface area contributed by atoms with E-state index in [2.05, 4.69) is 21.9 Å². The number of nitrogens with zero attached hydrogens (tertiary/aromatic N) is 3. The highest BCUT2D eigenvalue weighted by Gasteiger charge is 1.99. The van der Waals surface area contributed by atoms with Gasteiger partial charge < -0.3 is 10.4 Å². The van der Waals surface area contributed by atoms with Gasteiger partial charge in [0.25, 0.3) is 0 Å². The van der Waals surface area contributed by atoms with Crippen molar-refractivity contribution in [2.45, 2.75) is 38.8 Å². The van der Waals surface area contributed by atoms with Gasteiger partial charge >= 0.3 is 0 Å². The minimum atomic E-state index is 0.198. The molecule has 0 spiro atoms. The van der Waals surface area contributed by atoms with Crippen molar-refractivity contribution in [3.05, 3.63) is 11.9 Å². The molecule has 104 valence electrons. The molecule has 5 nitrogen and oxygen atoms in total. The van der Waals surface area contributed by atoms with Crippen LogP contribution in [0, 0.1) is 0 Å². The van der Waals surface area contributed by atoms with Gasteiger partial charge in [0.15, 0.2) is 0 Å². The summed E-state index contributed by atoms with van der Waals surface area (Å²) in [6.45, 7) is 2.75. The molecule has 0 fully saturated rings. The Balaban J connectivity index is 2.03. The third-order valence-electron chi connectivity index (χ3n) is 2.64. The van der Waals surface area contributed by atoms with E-state index in [1.807, 2.05) is 18.0 Å². The van der Waals surface area contributed by atoms with Gasteiger partial charge in [-0.15, -0.1) is 5.10 Å². The highest BCUT2D eigenvalue weighted by Crippen LogP contribution is 2.01. The van der Waals surface area contributed by atoms with E-state index in [0.29, 0.717) is 0 Å². The highest BCUT2D eigenvalue weighted by molar-refractivity contribution is 7.98. The molecule has 2 N–H and O–H groups in total. The molecule has 1 rings (SSSR count). The molecule has 1 aromatic heterocycles. The molecule has 0 atom stereocenters. The van der Waals surface area contributed by atoms with Crippen LogP contribution in [0.3, 0.4) is 0 Å². The van der Waals surface area contributed by atoms with Crippen LogP contribution in [0.1, 0.15) is 31.4 Å². The highest BCUT2D eigenvalue weighted by atomic mass is 32.2. The zero-order valence-electron chi connectivity index (χ0n) is 11.1. The van der Waals surface area contributed by atoms with Gasteiger partial charge in [0, 0.05) is 25.9 Å². The van der Waals surface area contributed by atoms with Crippen molar-refractivity contribution < 1.29 is 5.11 Å². The molecule has 1 heterocycles. The first kappa shape index (κ1) is 15.5. The smallest absolute Gasteiger partial charge is 0.0964 e. The standard InChI is InChI=1S/C12H24N4OS/c1-18-9-4-2-3-6-13-10-12-11-16(15-14-12)7-5-8-17/h11,13,17H,2-10H2,1H3. The van der Waals surface area contributed by atoms with Gasteiger partial charge in [0.1, 0.15) is 0 Å². The topological polar surface area (TPSA) is 63.0 Å². The second-order valence-corrected chi connectivity index (χ2v) is 5.27. The first-order valence-electron chi connectivity index (χ1n) is 6.56. The molecule has 0 aliphatic carbocycles. The average molecular weight is 272 g/mol. The molecule has 0 aliphatic rings.